The average molecular weight is 325 g/mol. The van der Waals surface area contributed by atoms with Crippen LogP contribution in [0.2, 0.25) is 0 Å². The largest absolute Gasteiger partial charge is 0.350 e. The first kappa shape index (κ1) is 15.6. The maximum Gasteiger partial charge on any atom is 0.271 e. The predicted octanol–water partition coefficient (Wildman–Crippen LogP) is 3.31. The number of pyridine rings is 1. The quantitative estimate of drug-likeness (QED) is 0.707. The van der Waals surface area contributed by atoms with Crippen molar-refractivity contribution in [1.29, 1.82) is 0 Å². The lowest BCUT2D eigenvalue weighted by Crippen LogP contribution is -2.26. The van der Waals surface area contributed by atoms with Gasteiger partial charge in [0.2, 0.25) is 0 Å². The number of aryl methyl sites for hydroxylation is 1. The zero-order valence-corrected chi connectivity index (χ0v) is 13.8. The van der Waals surface area contributed by atoms with Gasteiger partial charge in [0.25, 0.3) is 5.91 Å². The summed E-state index contributed by atoms with van der Waals surface area (Å²) >= 11 is 1.81. The highest BCUT2D eigenvalue weighted by Crippen LogP contribution is 2.11. The van der Waals surface area contributed by atoms with E-state index >= 15 is 0 Å². The summed E-state index contributed by atoms with van der Waals surface area (Å²) in [5, 5.41) is 2.93. The van der Waals surface area contributed by atoms with Gasteiger partial charge in [-0.05, 0) is 30.2 Å². The zero-order valence-electron chi connectivity index (χ0n) is 13.0. The van der Waals surface area contributed by atoms with Crippen LogP contribution >= 0.6 is 11.8 Å². The predicted molar refractivity (Wildman–Crippen MR) is 94.9 cm³/mol. The molecule has 1 N–H and O–H groups in total. The number of fused-ring (bicyclic) bond motifs is 1. The van der Waals surface area contributed by atoms with Crippen molar-refractivity contribution in [2.75, 3.05) is 12.3 Å². The molecule has 2 heterocycles. The van der Waals surface area contributed by atoms with Gasteiger partial charge in [0.15, 0.2) is 0 Å². The molecule has 0 aliphatic heterocycles. The Labute approximate surface area is 139 Å². The van der Waals surface area contributed by atoms with Crippen molar-refractivity contribution in [3.8, 4) is 0 Å². The van der Waals surface area contributed by atoms with E-state index in [2.05, 4.69) is 22.4 Å². The third kappa shape index (κ3) is 4.13. The van der Waals surface area contributed by atoms with Gasteiger partial charge in [0.05, 0.1) is 0 Å². The van der Waals surface area contributed by atoms with Crippen LogP contribution in [0, 0.1) is 6.92 Å². The van der Waals surface area contributed by atoms with Crippen molar-refractivity contribution < 1.29 is 4.79 Å². The Kier molecular flexibility index (Phi) is 4.98. The number of carbonyl (C=O) groups excluding carboxylic acids is 1. The van der Waals surface area contributed by atoms with Crippen molar-refractivity contribution in [1.82, 2.24) is 14.7 Å². The minimum absolute atomic E-state index is 0.119. The summed E-state index contributed by atoms with van der Waals surface area (Å²) < 4.78 is 1.87. The molecule has 0 fully saturated rings. The second-order valence-electron chi connectivity index (χ2n) is 5.39. The number of aromatic nitrogens is 2. The third-order valence-electron chi connectivity index (χ3n) is 3.49. The topological polar surface area (TPSA) is 46.4 Å². The van der Waals surface area contributed by atoms with E-state index in [-0.39, 0.29) is 5.91 Å². The highest BCUT2D eigenvalue weighted by molar-refractivity contribution is 7.98. The van der Waals surface area contributed by atoms with E-state index in [9.17, 15) is 4.79 Å². The Balaban J connectivity index is 1.47. The molecule has 0 unspecified atom stereocenters. The first-order valence-corrected chi connectivity index (χ1v) is 8.73. The van der Waals surface area contributed by atoms with Crippen LogP contribution in [0.1, 0.15) is 21.6 Å². The number of thioether (sulfide) groups is 1. The molecule has 5 heteroatoms. The second kappa shape index (κ2) is 7.33. The fourth-order valence-electron chi connectivity index (χ4n) is 2.28. The van der Waals surface area contributed by atoms with Crippen molar-refractivity contribution >= 4 is 23.3 Å². The molecule has 1 aromatic carbocycles. The number of amides is 1. The molecule has 0 aliphatic carbocycles. The normalized spacial score (nSPS) is 10.8. The first-order chi connectivity index (χ1) is 11.2. The van der Waals surface area contributed by atoms with Crippen LogP contribution in [0.15, 0.2) is 54.9 Å². The molecule has 0 atom stereocenters. The van der Waals surface area contributed by atoms with Crippen LogP contribution in [0.4, 0.5) is 0 Å². The summed E-state index contributed by atoms with van der Waals surface area (Å²) in [4.78, 5) is 16.5. The summed E-state index contributed by atoms with van der Waals surface area (Å²) in [6, 6.07) is 14.3. The van der Waals surface area contributed by atoms with Crippen LogP contribution in [-0.4, -0.2) is 27.6 Å². The first-order valence-electron chi connectivity index (χ1n) is 7.57. The Morgan fingerprint density at radius 2 is 2.09 bits per heavy atom. The molecule has 0 bridgehead atoms. The lowest BCUT2D eigenvalue weighted by atomic mass is 10.2. The summed E-state index contributed by atoms with van der Waals surface area (Å²) in [7, 11) is 0. The van der Waals surface area contributed by atoms with Crippen LogP contribution in [0.3, 0.4) is 0 Å². The monoisotopic (exact) mass is 325 g/mol. The lowest BCUT2D eigenvalue weighted by molar-refractivity contribution is 0.0952. The van der Waals surface area contributed by atoms with E-state index in [0.717, 1.165) is 22.7 Å². The van der Waals surface area contributed by atoms with Gasteiger partial charge in [-0.1, -0.05) is 30.3 Å². The number of rotatable bonds is 6. The summed E-state index contributed by atoms with van der Waals surface area (Å²) in [5.41, 5.74) is 3.70. The van der Waals surface area contributed by atoms with E-state index in [4.69, 9.17) is 0 Å². The van der Waals surface area contributed by atoms with Gasteiger partial charge in [-0.25, -0.2) is 4.98 Å². The Morgan fingerprint density at radius 3 is 2.91 bits per heavy atom. The van der Waals surface area contributed by atoms with Gasteiger partial charge in [0.1, 0.15) is 11.3 Å². The Bertz CT molecular complexity index is 798. The maximum absolute atomic E-state index is 12.1. The number of nitrogens with zero attached hydrogens (tertiary/aromatic N) is 2. The average Bonchev–Trinajstić information content (AvgIpc) is 2.98. The highest BCUT2D eigenvalue weighted by atomic mass is 32.2. The van der Waals surface area contributed by atoms with Crippen LogP contribution in [-0.2, 0) is 5.75 Å². The summed E-state index contributed by atoms with van der Waals surface area (Å²) in [6.45, 7) is 2.65. The number of benzene rings is 1. The molecule has 0 spiro atoms. The van der Waals surface area contributed by atoms with E-state index in [1.165, 1.54) is 5.56 Å². The molecule has 1 amide bonds. The maximum atomic E-state index is 12.1. The molecule has 23 heavy (non-hydrogen) atoms. The molecule has 0 saturated heterocycles. The summed E-state index contributed by atoms with van der Waals surface area (Å²) in [6.07, 6.45) is 3.69. The molecule has 118 valence electrons. The minimum Gasteiger partial charge on any atom is -0.350 e. The molecule has 0 radical (unpaired) electrons. The van der Waals surface area contributed by atoms with E-state index in [1.807, 2.05) is 59.6 Å². The SMILES string of the molecule is Cc1ccn2cc(C(=O)NCCSCc3ccccc3)nc2c1. The van der Waals surface area contributed by atoms with E-state index in [0.29, 0.717) is 12.2 Å². The molecular formula is C18H19N3OS. The second-order valence-corrected chi connectivity index (χ2v) is 6.49. The van der Waals surface area contributed by atoms with Gasteiger partial charge in [-0.2, -0.15) is 11.8 Å². The standard InChI is InChI=1S/C18H19N3OS/c1-14-7-9-21-12-16(20-17(21)11-14)18(22)19-8-10-23-13-15-5-3-2-4-6-15/h2-7,9,11-12H,8,10,13H2,1H3,(H,19,22). The summed E-state index contributed by atoms with van der Waals surface area (Å²) in [5.74, 6) is 1.73. The lowest BCUT2D eigenvalue weighted by Gasteiger charge is -2.03. The van der Waals surface area contributed by atoms with Crippen LogP contribution < -0.4 is 5.32 Å². The van der Waals surface area contributed by atoms with Crippen molar-refractivity contribution in [3.63, 3.8) is 0 Å². The number of hydrogen-bond acceptors (Lipinski definition) is 3. The van der Waals surface area contributed by atoms with Crippen LogP contribution in [0.5, 0.6) is 0 Å². The van der Waals surface area contributed by atoms with Gasteiger partial charge < -0.3 is 9.72 Å². The fraction of sp³-hybridized carbons (Fsp3) is 0.222. The van der Waals surface area contributed by atoms with Gasteiger partial charge >= 0.3 is 0 Å². The van der Waals surface area contributed by atoms with Gasteiger partial charge in [-0.15, -0.1) is 0 Å². The fourth-order valence-corrected chi connectivity index (χ4v) is 3.10. The van der Waals surface area contributed by atoms with Crippen LogP contribution in [0.25, 0.3) is 5.65 Å². The van der Waals surface area contributed by atoms with Gasteiger partial charge in [0, 0.05) is 30.4 Å². The molecular weight excluding hydrogens is 306 g/mol. The molecule has 0 aliphatic rings. The zero-order chi connectivity index (χ0) is 16.1. The Hall–Kier alpha value is -2.27. The van der Waals surface area contributed by atoms with Gasteiger partial charge in [-0.3, -0.25) is 4.79 Å². The molecule has 3 aromatic rings. The van der Waals surface area contributed by atoms with Crippen molar-refractivity contribution in [3.05, 3.63) is 71.7 Å². The number of imidazole rings is 1. The molecule has 3 rings (SSSR count). The smallest absolute Gasteiger partial charge is 0.271 e. The molecule has 0 saturated carbocycles. The minimum atomic E-state index is -0.119. The van der Waals surface area contributed by atoms with Crippen molar-refractivity contribution in [2.24, 2.45) is 0 Å². The third-order valence-corrected chi connectivity index (χ3v) is 4.52. The number of carbonyl (C=O) groups is 1. The van der Waals surface area contributed by atoms with E-state index in [1.54, 1.807) is 6.20 Å². The molecule has 2 aromatic heterocycles. The number of hydrogen-bond donors (Lipinski definition) is 1. The van der Waals surface area contributed by atoms with Crippen molar-refractivity contribution in [2.45, 2.75) is 12.7 Å². The highest BCUT2D eigenvalue weighted by Gasteiger charge is 2.10. The number of nitrogens with one attached hydrogen (secondary N) is 1. The Morgan fingerprint density at radius 1 is 1.26 bits per heavy atom. The van der Waals surface area contributed by atoms with E-state index < -0.39 is 0 Å². The molecule has 4 nitrogen and oxygen atoms in total.